The molecule has 1 aliphatic rings. The van der Waals surface area contributed by atoms with Crippen LogP contribution in [0, 0.1) is 12.8 Å². The molecule has 5 nitrogen and oxygen atoms in total. The molecule has 1 aliphatic heterocycles. The van der Waals surface area contributed by atoms with E-state index in [0.29, 0.717) is 18.5 Å². The molecule has 0 saturated carbocycles. The fraction of sp³-hybridized carbons (Fsp3) is 0.556. The van der Waals surface area contributed by atoms with E-state index in [2.05, 4.69) is 16.8 Å². The Kier molecular flexibility index (Phi) is 4.78. The molecule has 2 aromatic rings. The number of β-amino-alcohol motifs (C(OH)–C–C–N with tert-alkyl or cyclic N) is 1. The molecule has 0 spiro atoms. The lowest BCUT2D eigenvalue weighted by atomic mass is 9.99. The van der Waals surface area contributed by atoms with Gasteiger partial charge in [-0.2, -0.15) is 0 Å². The number of likely N-dealkylation sites (tertiary alicyclic amines) is 1. The minimum absolute atomic E-state index is 0.0787. The molecule has 0 amide bonds. The summed E-state index contributed by atoms with van der Waals surface area (Å²) in [5.41, 5.74) is 1.66. The third kappa shape index (κ3) is 3.62. The number of piperidine rings is 1. The van der Waals surface area contributed by atoms with E-state index in [0.717, 1.165) is 30.1 Å². The Labute approximate surface area is 136 Å². The Hall–Kier alpha value is -1.72. The maximum Gasteiger partial charge on any atom is 0.261 e. The second kappa shape index (κ2) is 6.81. The highest BCUT2D eigenvalue weighted by Gasteiger charge is 2.19. The van der Waals surface area contributed by atoms with Crippen LogP contribution >= 0.6 is 0 Å². The molecule has 0 bridgehead atoms. The van der Waals surface area contributed by atoms with Crippen molar-refractivity contribution in [3.8, 4) is 0 Å². The zero-order valence-corrected chi connectivity index (χ0v) is 13.9. The molecule has 1 atom stereocenters. The van der Waals surface area contributed by atoms with Crippen LogP contribution in [0.4, 0.5) is 0 Å². The van der Waals surface area contributed by atoms with E-state index in [9.17, 15) is 9.90 Å². The molecule has 1 saturated heterocycles. The van der Waals surface area contributed by atoms with Gasteiger partial charge in [0.2, 0.25) is 0 Å². The Bertz CT molecular complexity index is 733. The second-order valence-corrected chi connectivity index (χ2v) is 6.81. The van der Waals surface area contributed by atoms with Crippen molar-refractivity contribution in [1.29, 1.82) is 0 Å². The average Bonchev–Trinajstić information content (AvgIpc) is 2.53. The standard InChI is InChI=1S/C18H25N3O2/c1-13-6-8-20(9-7-13)10-15(22)11-21-12-19-17-14(2)4-3-5-16(17)18(21)23/h3-5,12-13,15,22H,6-11H2,1-2H3. The highest BCUT2D eigenvalue weighted by Crippen LogP contribution is 2.16. The van der Waals surface area contributed by atoms with Gasteiger partial charge in [-0.3, -0.25) is 9.36 Å². The first kappa shape index (κ1) is 16.1. The van der Waals surface area contributed by atoms with Crippen LogP contribution < -0.4 is 5.56 Å². The number of fused-ring (bicyclic) bond motifs is 1. The lowest BCUT2D eigenvalue weighted by molar-refractivity contribution is 0.0794. The maximum absolute atomic E-state index is 12.5. The van der Waals surface area contributed by atoms with Gasteiger partial charge in [0.25, 0.3) is 5.56 Å². The summed E-state index contributed by atoms with van der Waals surface area (Å²) in [5, 5.41) is 11.0. The topological polar surface area (TPSA) is 58.4 Å². The number of aryl methyl sites for hydroxylation is 1. The van der Waals surface area contributed by atoms with Crippen molar-refractivity contribution in [2.75, 3.05) is 19.6 Å². The summed E-state index contributed by atoms with van der Waals surface area (Å²) < 4.78 is 1.53. The van der Waals surface area contributed by atoms with Crippen LogP contribution in [0.2, 0.25) is 0 Å². The Morgan fingerprint density at radius 2 is 2.04 bits per heavy atom. The van der Waals surface area contributed by atoms with E-state index in [1.165, 1.54) is 17.4 Å². The van der Waals surface area contributed by atoms with Gasteiger partial charge in [-0.25, -0.2) is 4.98 Å². The first-order chi connectivity index (χ1) is 11.0. The lowest BCUT2D eigenvalue weighted by Crippen LogP contribution is -2.40. The summed E-state index contributed by atoms with van der Waals surface area (Å²) in [6, 6.07) is 5.62. The molecular formula is C18H25N3O2. The number of aromatic nitrogens is 2. The predicted molar refractivity (Wildman–Crippen MR) is 91.6 cm³/mol. The van der Waals surface area contributed by atoms with Crippen LogP contribution in [-0.2, 0) is 6.54 Å². The van der Waals surface area contributed by atoms with Gasteiger partial charge in [-0.15, -0.1) is 0 Å². The van der Waals surface area contributed by atoms with E-state index in [-0.39, 0.29) is 5.56 Å². The zero-order chi connectivity index (χ0) is 16.4. The monoisotopic (exact) mass is 315 g/mol. The van der Waals surface area contributed by atoms with Gasteiger partial charge in [-0.05, 0) is 50.4 Å². The molecule has 124 valence electrons. The van der Waals surface area contributed by atoms with Crippen molar-refractivity contribution in [1.82, 2.24) is 14.5 Å². The second-order valence-electron chi connectivity index (χ2n) is 6.81. The van der Waals surface area contributed by atoms with Crippen LogP contribution in [0.15, 0.2) is 29.3 Å². The van der Waals surface area contributed by atoms with Crippen molar-refractivity contribution >= 4 is 10.9 Å². The number of aliphatic hydroxyl groups is 1. The van der Waals surface area contributed by atoms with Crippen LogP contribution in [-0.4, -0.2) is 45.3 Å². The number of benzene rings is 1. The minimum Gasteiger partial charge on any atom is -0.390 e. The number of rotatable bonds is 4. The van der Waals surface area contributed by atoms with Gasteiger partial charge >= 0.3 is 0 Å². The highest BCUT2D eigenvalue weighted by molar-refractivity contribution is 5.80. The van der Waals surface area contributed by atoms with Gasteiger partial charge in [0.1, 0.15) is 0 Å². The van der Waals surface area contributed by atoms with Crippen LogP contribution in [0.25, 0.3) is 10.9 Å². The lowest BCUT2D eigenvalue weighted by Gasteiger charge is -2.31. The summed E-state index contributed by atoms with van der Waals surface area (Å²) in [6.45, 7) is 7.19. The normalized spacial score (nSPS) is 18.4. The van der Waals surface area contributed by atoms with Crippen LogP contribution in [0.1, 0.15) is 25.3 Å². The summed E-state index contributed by atoms with van der Waals surface area (Å²) in [4.78, 5) is 19.2. The number of para-hydroxylation sites is 1. The Morgan fingerprint density at radius 3 is 2.78 bits per heavy atom. The van der Waals surface area contributed by atoms with Crippen LogP contribution in [0.3, 0.4) is 0 Å². The van der Waals surface area contributed by atoms with Crippen molar-refractivity contribution < 1.29 is 5.11 Å². The van der Waals surface area contributed by atoms with E-state index >= 15 is 0 Å². The SMILES string of the molecule is Cc1cccc2c(=O)n(CC(O)CN3CCC(C)CC3)cnc12. The summed E-state index contributed by atoms with van der Waals surface area (Å²) in [6.07, 6.45) is 3.37. The number of aliphatic hydroxyl groups excluding tert-OH is 1. The predicted octanol–water partition coefficient (Wildman–Crippen LogP) is 1.80. The van der Waals surface area contributed by atoms with E-state index in [4.69, 9.17) is 0 Å². The molecule has 3 rings (SSSR count). The molecule has 1 fully saturated rings. The van der Waals surface area contributed by atoms with E-state index in [1.54, 1.807) is 12.4 Å². The molecule has 0 radical (unpaired) electrons. The zero-order valence-electron chi connectivity index (χ0n) is 13.9. The number of hydrogen-bond acceptors (Lipinski definition) is 4. The van der Waals surface area contributed by atoms with Gasteiger partial charge in [0.05, 0.1) is 29.9 Å². The molecule has 1 aromatic heterocycles. The van der Waals surface area contributed by atoms with Gasteiger partial charge < -0.3 is 10.0 Å². The quantitative estimate of drug-likeness (QED) is 0.935. The summed E-state index contributed by atoms with van der Waals surface area (Å²) >= 11 is 0. The Morgan fingerprint density at radius 1 is 1.30 bits per heavy atom. The van der Waals surface area contributed by atoms with Gasteiger partial charge in [-0.1, -0.05) is 19.1 Å². The largest absolute Gasteiger partial charge is 0.390 e. The molecule has 1 N–H and O–H groups in total. The van der Waals surface area contributed by atoms with Crippen molar-refractivity contribution in [2.24, 2.45) is 5.92 Å². The molecule has 2 heterocycles. The summed E-state index contributed by atoms with van der Waals surface area (Å²) in [7, 11) is 0. The third-order valence-corrected chi connectivity index (χ3v) is 4.81. The molecule has 0 aliphatic carbocycles. The highest BCUT2D eigenvalue weighted by atomic mass is 16.3. The fourth-order valence-electron chi connectivity index (χ4n) is 3.29. The first-order valence-corrected chi connectivity index (χ1v) is 8.40. The molecular weight excluding hydrogens is 290 g/mol. The molecule has 23 heavy (non-hydrogen) atoms. The van der Waals surface area contributed by atoms with Crippen molar-refractivity contribution in [3.63, 3.8) is 0 Å². The third-order valence-electron chi connectivity index (χ3n) is 4.81. The molecule has 1 unspecified atom stereocenters. The number of nitrogens with zero attached hydrogens (tertiary/aromatic N) is 3. The van der Waals surface area contributed by atoms with Gasteiger partial charge in [0, 0.05) is 6.54 Å². The first-order valence-electron chi connectivity index (χ1n) is 8.40. The summed E-state index contributed by atoms with van der Waals surface area (Å²) in [5.74, 6) is 0.777. The van der Waals surface area contributed by atoms with E-state index < -0.39 is 6.10 Å². The molecule has 5 heteroatoms. The number of hydrogen-bond donors (Lipinski definition) is 1. The van der Waals surface area contributed by atoms with Crippen molar-refractivity contribution in [3.05, 3.63) is 40.4 Å². The van der Waals surface area contributed by atoms with Gasteiger partial charge in [0.15, 0.2) is 0 Å². The smallest absolute Gasteiger partial charge is 0.261 e. The maximum atomic E-state index is 12.5. The fourth-order valence-corrected chi connectivity index (χ4v) is 3.29. The minimum atomic E-state index is -0.551. The van der Waals surface area contributed by atoms with Crippen LogP contribution in [0.5, 0.6) is 0 Å². The molecule has 1 aromatic carbocycles. The average molecular weight is 315 g/mol. The van der Waals surface area contributed by atoms with Crippen molar-refractivity contribution in [2.45, 2.75) is 39.3 Å². The Balaban J connectivity index is 1.71. The van der Waals surface area contributed by atoms with E-state index in [1.807, 2.05) is 19.1 Å².